The van der Waals surface area contributed by atoms with E-state index in [2.05, 4.69) is 0 Å². The monoisotopic (exact) mass is 268 g/mol. The van der Waals surface area contributed by atoms with Crippen molar-refractivity contribution < 1.29 is 0 Å². The normalized spacial score (nSPS) is 13.5. The van der Waals surface area contributed by atoms with E-state index in [1.807, 2.05) is 0 Å². The Morgan fingerprint density at radius 3 is 1.05 bits per heavy atom. The molecule has 0 aliphatic rings. The molecule has 108 valence electrons. The number of hydrogen-bond acceptors (Lipinski definition) is 4. The summed E-state index contributed by atoms with van der Waals surface area (Å²) in [6, 6.07) is 0. The van der Waals surface area contributed by atoms with Gasteiger partial charge in [0.15, 0.2) is 0 Å². The van der Waals surface area contributed by atoms with Crippen LogP contribution in [0, 0.1) is 33.5 Å². The fraction of sp³-hybridized carbons (Fsp3) is 0.636. The highest BCUT2D eigenvalue weighted by Crippen LogP contribution is 2.14. The van der Waals surface area contributed by atoms with Crippen molar-refractivity contribution in [1.29, 1.82) is 21.6 Å². The molecule has 0 amide bonds. The van der Waals surface area contributed by atoms with Crippen LogP contribution in [0.25, 0.3) is 0 Å². The van der Waals surface area contributed by atoms with E-state index in [-0.39, 0.29) is 23.3 Å². The van der Waals surface area contributed by atoms with E-state index in [4.69, 9.17) is 44.6 Å². The van der Waals surface area contributed by atoms with Crippen molar-refractivity contribution in [3.63, 3.8) is 0 Å². The summed E-state index contributed by atoms with van der Waals surface area (Å²) in [5.74, 6) is -1.32. The summed E-state index contributed by atoms with van der Waals surface area (Å²) < 4.78 is 0. The second kappa shape index (κ2) is 8.06. The summed E-state index contributed by atoms with van der Waals surface area (Å²) in [4.78, 5) is 0. The van der Waals surface area contributed by atoms with E-state index in [1.54, 1.807) is 0 Å². The maximum Gasteiger partial charge on any atom is 0.101 e. The van der Waals surface area contributed by atoms with Crippen molar-refractivity contribution in [2.75, 3.05) is 0 Å². The second-order valence-corrected chi connectivity index (χ2v) is 4.56. The Morgan fingerprint density at radius 1 is 0.579 bits per heavy atom. The zero-order chi connectivity index (χ0) is 15.0. The number of nitrogens with two attached hydrogens (primary N) is 4. The van der Waals surface area contributed by atoms with E-state index >= 15 is 0 Å². The third-order valence-electron chi connectivity index (χ3n) is 2.99. The smallest absolute Gasteiger partial charge is 0.101 e. The van der Waals surface area contributed by atoms with Gasteiger partial charge in [0.2, 0.25) is 0 Å². The predicted octanol–water partition coefficient (Wildman–Crippen LogP) is -0.0868. The number of rotatable bonds is 10. The Balaban J connectivity index is 3.98. The third-order valence-corrected chi connectivity index (χ3v) is 2.99. The fourth-order valence-electron chi connectivity index (χ4n) is 1.83. The van der Waals surface area contributed by atoms with Gasteiger partial charge in [-0.25, -0.2) is 0 Å². The molecule has 0 bridgehead atoms. The first-order chi connectivity index (χ1) is 8.77. The van der Waals surface area contributed by atoms with Crippen molar-refractivity contribution in [3.8, 4) is 0 Å². The van der Waals surface area contributed by atoms with Gasteiger partial charge in [-0.2, -0.15) is 0 Å². The molecule has 8 nitrogen and oxygen atoms in total. The Labute approximate surface area is 112 Å². The van der Waals surface area contributed by atoms with Gasteiger partial charge in [0.1, 0.15) is 23.3 Å². The number of nitrogens with one attached hydrogen (secondary N) is 4. The maximum atomic E-state index is 7.31. The molecule has 0 radical (unpaired) electrons. The first kappa shape index (κ1) is 16.9. The molecule has 0 fully saturated rings. The molecule has 0 saturated heterocycles. The van der Waals surface area contributed by atoms with E-state index in [0.29, 0.717) is 12.8 Å². The van der Waals surface area contributed by atoms with Gasteiger partial charge in [-0.3, -0.25) is 21.6 Å². The van der Waals surface area contributed by atoms with Crippen LogP contribution in [0.4, 0.5) is 0 Å². The van der Waals surface area contributed by atoms with Gasteiger partial charge in [0, 0.05) is 0 Å². The van der Waals surface area contributed by atoms with E-state index in [0.717, 1.165) is 19.3 Å². The van der Waals surface area contributed by atoms with Crippen LogP contribution < -0.4 is 22.9 Å². The quantitative estimate of drug-likeness (QED) is 0.155. The Morgan fingerprint density at radius 2 is 0.842 bits per heavy atom. The van der Waals surface area contributed by atoms with Gasteiger partial charge in [0.05, 0.1) is 11.8 Å². The third kappa shape index (κ3) is 6.39. The maximum absolute atomic E-state index is 7.31. The van der Waals surface area contributed by atoms with Gasteiger partial charge < -0.3 is 22.9 Å². The van der Waals surface area contributed by atoms with Crippen molar-refractivity contribution in [1.82, 2.24) is 0 Å². The second-order valence-electron chi connectivity index (χ2n) is 4.56. The lowest BCUT2D eigenvalue weighted by molar-refractivity contribution is 0.581. The molecule has 0 unspecified atom stereocenters. The SMILES string of the molecule is N=C(N)C(CCCCCC(C(=N)N)C(=N)N)C(=N)N. The van der Waals surface area contributed by atoms with Gasteiger partial charge in [-0.1, -0.05) is 19.3 Å². The molecular weight excluding hydrogens is 244 g/mol. The molecule has 0 spiro atoms. The summed E-state index contributed by atoms with van der Waals surface area (Å²) in [5.41, 5.74) is 21.4. The molecule has 0 aromatic carbocycles. The summed E-state index contributed by atoms with van der Waals surface area (Å²) in [5, 5.41) is 29.2. The van der Waals surface area contributed by atoms with Gasteiger partial charge in [-0.15, -0.1) is 0 Å². The van der Waals surface area contributed by atoms with Crippen molar-refractivity contribution in [2.24, 2.45) is 34.8 Å². The zero-order valence-corrected chi connectivity index (χ0v) is 11.0. The topological polar surface area (TPSA) is 199 Å². The average molecular weight is 268 g/mol. The van der Waals surface area contributed by atoms with Gasteiger partial charge >= 0.3 is 0 Å². The summed E-state index contributed by atoms with van der Waals surface area (Å²) >= 11 is 0. The molecular formula is C11H24N8. The van der Waals surface area contributed by atoms with Crippen LogP contribution >= 0.6 is 0 Å². The van der Waals surface area contributed by atoms with Crippen LogP contribution in [0.1, 0.15) is 32.1 Å². The lowest BCUT2D eigenvalue weighted by Crippen LogP contribution is -2.34. The molecule has 12 N–H and O–H groups in total. The molecule has 0 saturated carbocycles. The van der Waals surface area contributed by atoms with Crippen LogP contribution in [-0.2, 0) is 0 Å². The summed E-state index contributed by atoms with van der Waals surface area (Å²) in [6.07, 6.45) is 3.50. The molecule has 0 atom stereocenters. The average Bonchev–Trinajstić information content (AvgIpc) is 2.25. The number of hydrogen-bond donors (Lipinski definition) is 8. The first-order valence-electron chi connectivity index (χ1n) is 6.13. The minimum Gasteiger partial charge on any atom is -0.387 e. The van der Waals surface area contributed by atoms with E-state index < -0.39 is 11.8 Å². The van der Waals surface area contributed by atoms with E-state index in [9.17, 15) is 0 Å². The molecule has 19 heavy (non-hydrogen) atoms. The van der Waals surface area contributed by atoms with Gasteiger partial charge in [0.25, 0.3) is 0 Å². The Kier molecular flexibility index (Phi) is 7.16. The highest BCUT2D eigenvalue weighted by atomic mass is 14.8. The largest absolute Gasteiger partial charge is 0.387 e. The molecule has 8 heteroatoms. The summed E-state index contributed by atoms with van der Waals surface area (Å²) in [7, 11) is 0. The van der Waals surface area contributed by atoms with Crippen LogP contribution in [-0.4, -0.2) is 23.3 Å². The molecule has 0 aromatic rings. The molecule has 0 aliphatic heterocycles. The van der Waals surface area contributed by atoms with E-state index in [1.165, 1.54) is 0 Å². The standard InChI is InChI=1S/C11H24N8/c12-8(13)6(9(14)15)4-2-1-3-5-7(10(16)17)11(18)19/h6-7H,1-5H2,(H3,12,13)(H3,14,15)(H3,16,17)(H3,18,19). The molecule has 0 heterocycles. The van der Waals surface area contributed by atoms with Crippen LogP contribution in [0.5, 0.6) is 0 Å². The fourth-order valence-corrected chi connectivity index (χ4v) is 1.83. The Bertz CT molecular complexity index is 300. The minimum absolute atomic E-state index is 0.0853. The first-order valence-corrected chi connectivity index (χ1v) is 6.13. The minimum atomic E-state index is -0.489. The van der Waals surface area contributed by atoms with Crippen LogP contribution in [0.15, 0.2) is 0 Å². The molecule has 0 aliphatic carbocycles. The lowest BCUT2D eigenvalue weighted by atomic mass is 9.95. The lowest BCUT2D eigenvalue weighted by Gasteiger charge is -2.15. The Hall–Kier alpha value is -2.12. The molecule has 0 rings (SSSR count). The van der Waals surface area contributed by atoms with Crippen molar-refractivity contribution >= 4 is 23.3 Å². The van der Waals surface area contributed by atoms with Crippen molar-refractivity contribution in [3.05, 3.63) is 0 Å². The van der Waals surface area contributed by atoms with Gasteiger partial charge in [-0.05, 0) is 12.8 Å². The zero-order valence-electron chi connectivity index (χ0n) is 11.0. The van der Waals surface area contributed by atoms with Crippen LogP contribution in [0.3, 0.4) is 0 Å². The van der Waals surface area contributed by atoms with Crippen LogP contribution in [0.2, 0.25) is 0 Å². The number of unbranched alkanes of at least 4 members (excludes halogenated alkanes) is 2. The summed E-state index contributed by atoms with van der Waals surface area (Å²) in [6.45, 7) is 0. The molecule has 0 aromatic heterocycles. The van der Waals surface area contributed by atoms with Crippen molar-refractivity contribution in [2.45, 2.75) is 32.1 Å². The highest BCUT2D eigenvalue weighted by molar-refractivity contribution is 6.01. The predicted molar refractivity (Wildman–Crippen MR) is 77.7 cm³/mol. The highest BCUT2D eigenvalue weighted by Gasteiger charge is 2.17. The number of amidine groups is 4.